The van der Waals surface area contributed by atoms with Crippen LogP contribution in [0.1, 0.15) is 23.6 Å². The lowest BCUT2D eigenvalue weighted by atomic mass is 10.1. The smallest absolute Gasteiger partial charge is 0.266 e. The van der Waals surface area contributed by atoms with Crippen LogP contribution in [0, 0.1) is 13.8 Å². The number of amides is 1. The van der Waals surface area contributed by atoms with Crippen molar-refractivity contribution in [2.75, 3.05) is 13.7 Å². The Morgan fingerprint density at radius 3 is 2.67 bits per heavy atom. The number of aryl methyl sites for hydroxylation is 2. The van der Waals surface area contributed by atoms with Crippen molar-refractivity contribution in [3.8, 4) is 11.5 Å². The Labute approximate surface area is 163 Å². The molecule has 1 saturated heterocycles. The van der Waals surface area contributed by atoms with Crippen molar-refractivity contribution in [1.29, 1.82) is 0 Å². The quantitative estimate of drug-likeness (QED) is 0.783. The lowest BCUT2D eigenvalue weighted by molar-refractivity contribution is -0.121. The number of hydrogen-bond donors (Lipinski definition) is 1. The summed E-state index contributed by atoms with van der Waals surface area (Å²) in [5.41, 5.74) is 3.98. The second-order valence-electron chi connectivity index (χ2n) is 6.30. The van der Waals surface area contributed by atoms with Gasteiger partial charge in [0.1, 0.15) is 0 Å². The molecule has 3 rings (SSSR count). The van der Waals surface area contributed by atoms with Gasteiger partial charge in [-0.2, -0.15) is 0 Å². The highest BCUT2D eigenvalue weighted by Crippen LogP contribution is 2.35. The van der Waals surface area contributed by atoms with Gasteiger partial charge in [-0.25, -0.2) is 4.99 Å². The summed E-state index contributed by atoms with van der Waals surface area (Å²) in [6.45, 7) is 6.41. The standard InChI is InChI=1S/C21H22N2O3S/c1-5-26-18-11-15(7-9-17(18)24)12-19-20(25)23(4)21(27-19)22-16-8-6-13(2)14(3)10-16/h6-12,24H,5H2,1-4H3/b19-12+,22-21?. The van der Waals surface area contributed by atoms with Gasteiger partial charge in [-0.15, -0.1) is 0 Å². The number of likely N-dealkylation sites (N-methyl/N-ethyl adjacent to an activating group) is 1. The first-order valence-electron chi connectivity index (χ1n) is 8.68. The minimum atomic E-state index is -0.103. The Morgan fingerprint density at radius 2 is 1.96 bits per heavy atom. The fourth-order valence-electron chi connectivity index (χ4n) is 2.60. The molecule has 0 bridgehead atoms. The van der Waals surface area contributed by atoms with Crippen molar-refractivity contribution in [2.24, 2.45) is 4.99 Å². The largest absolute Gasteiger partial charge is 0.504 e. The van der Waals surface area contributed by atoms with Crippen molar-refractivity contribution in [2.45, 2.75) is 20.8 Å². The zero-order valence-electron chi connectivity index (χ0n) is 15.8. The number of aromatic hydroxyl groups is 1. The molecule has 1 heterocycles. The average molecular weight is 382 g/mol. The summed E-state index contributed by atoms with van der Waals surface area (Å²) in [6.07, 6.45) is 1.79. The molecule has 1 N–H and O–H groups in total. The van der Waals surface area contributed by atoms with Crippen LogP contribution in [-0.2, 0) is 4.79 Å². The van der Waals surface area contributed by atoms with Gasteiger partial charge in [-0.3, -0.25) is 9.69 Å². The summed E-state index contributed by atoms with van der Waals surface area (Å²) in [5.74, 6) is 0.381. The van der Waals surface area contributed by atoms with Crippen LogP contribution < -0.4 is 4.74 Å². The third kappa shape index (κ3) is 4.17. The molecule has 2 aromatic carbocycles. The second-order valence-corrected chi connectivity index (χ2v) is 7.31. The number of phenols is 1. The van der Waals surface area contributed by atoms with E-state index in [0.717, 1.165) is 16.8 Å². The summed E-state index contributed by atoms with van der Waals surface area (Å²) in [5, 5.41) is 10.5. The molecule has 6 heteroatoms. The summed E-state index contributed by atoms with van der Waals surface area (Å²) in [7, 11) is 1.72. The number of hydrogen-bond acceptors (Lipinski definition) is 5. The van der Waals surface area contributed by atoms with Crippen molar-refractivity contribution >= 4 is 34.6 Å². The Hall–Kier alpha value is -2.73. The molecule has 0 spiro atoms. The van der Waals surface area contributed by atoms with E-state index in [4.69, 9.17) is 4.74 Å². The highest BCUT2D eigenvalue weighted by molar-refractivity contribution is 8.18. The number of benzene rings is 2. The van der Waals surface area contributed by atoms with E-state index < -0.39 is 0 Å². The van der Waals surface area contributed by atoms with E-state index in [-0.39, 0.29) is 11.7 Å². The molecular formula is C21H22N2O3S. The van der Waals surface area contributed by atoms with Crippen LogP contribution in [0.2, 0.25) is 0 Å². The monoisotopic (exact) mass is 382 g/mol. The molecule has 5 nitrogen and oxygen atoms in total. The Morgan fingerprint density at radius 1 is 1.19 bits per heavy atom. The van der Waals surface area contributed by atoms with E-state index in [1.54, 1.807) is 36.2 Å². The topological polar surface area (TPSA) is 62.1 Å². The highest BCUT2D eigenvalue weighted by Gasteiger charge is 2.30. The van der Waals surface area contributed by atoms with Crippen LogP contribution in [-0.4, -0.2) is 34.7 Å². The van der Waals surface area contributed by atoms with Gasteiger partial charge in [0.15, 0.2) is 16.7 Å². The van der Waals surface area contributed by atoms with Gasteiger partial charge in [-0.05, 0) is 79.6 Å². The number of nitrogens with zero attached hydrogens (tertiary/aromatic N) is 2. The maximum atomic E-state index is 12.6. The van der Waals surface area contributed by atoms with Crippen molar-refractivity contribution in [3.63, 3.8) is 0 Å². The third-order valence-corrected chi connectivity index (χ3v) is 5.36. The molecule has 0 unspecified atom stereocenters. The molecule has 1 amide bonds. The van der Waals surface area contributed by atoms with Crippen molar-refractivity contribution in [3.05, 3.63) is 58.0 Å². The van der Waals surface area contributed by atoms with E-state index in [1.807, 2.05) is 32.0 Å². The number of carbonyl (C=O) groups excluding carboxylic acids is 1. The molecule has 1 aliphatic rings. The number of phenolic OH excluding ortho intramolecular Hbond substituents is 1. The van der Waals surface area contributed by atoms with Crippen LogP contribution in [0.3, 0.4) is 0 Å². The Kier molecular flexibility index (Phi) is 5.56. The molecule has 1 fully saturated rings. The minimum Gasteiger partial charge on any atom is -0.504 e. The average Bonchev–Trinajstić information content (AvgIpc) is 2.89. The van der Waals surface area contributed by atoms with Gasteiger partial charge in [0.2, 0.25) is 0 Å². The maximum absolute atomic E-state index is 12.6. The molecule has 140 valence electrons. The minimum absolute atomic E-state index is 0.0820. The molecule has 0 aromatic heterocycles. The van der Waals surface area contributed by atoms with Gasteiger partial charge >= 0.3 is 0 Å². The van der Waals surface area contributed by atoms with E-state index >= 15 is 0 Å². The van der Waals surface area contributed by atoms with E-state index in [9.17, 15) is 9.90 Å². The van der Waals surface area contributed by atoms with Gasteiger partial charge in [-0.1, -0.05) is 12.1 Å². The predicted octanol–water partition coefficient (Wildman–Crippen LogP) is 4.64. The zero-order chi connectivity index (χ0) is 19.6. The highest BCUT2D eigenvalue weighted by atomic mass is 32.2. The number of carbonyl (C=O) groups is 1. The number of rotatable bonds is 4. The number of thioether (sulfide) groups is 1. The first kappa shape index (κ1) is 19.0. The summed E-state index contributed by atoms with van der Waals surface area (Å²) < 4.78 is 5.41. The van der Waals surface area contributed by atoms with Gasteiger partial charge in [0.05, 0.1) is 17.2 Å². The first-order valence-corrected chi connectivity index (χ1v) is 9.50. The lowest BCUT2D eigenvalue weighted by Crippen LogP contribution is -2.23. The molecule has 0 atom stereocenters. The predicted molar refractivity (Wildman–Crippen MR) is 111 cm³/mol. The van der Waals surface area contributed by atoms with Crippen LogP contribution >= 0.6 is 11.8 Å². The fourth-order valence-corrected chi connectivity index (χ4v) is 3.59. The molecule has 0 aliphatic carbocycles. The second kappa shape index (κ2) is 7.88. The Balaban J connectivity index is 1.89. The third-order valence-electron chi connectivity index (χ3n) is 4.30. The summed E-state index contributed by atoms with van der Waals surface area (Å²) >= 11 is 1.33. The van der Waals surface area contributed by atoms with Gasteiger partial charge in [0, 0.05) is 7.05 Å². The lowest BCUT2D eigenvalue weighted by Gasteiger charge is -2.08. The molecule has 2 aromatic rings. The fraction of sp³-hybridized carbons (Fsp3) is 0.238. The van der Waals surface area contributed by atoms with Gasteiger partial charge < -0.3 is 9.84 Å². The van der Waals surface area contributed by atoms with Crippen LogP contribution in [0.15, 0.2) is 46.3 Å². The molecule has 0 saturated carbocycles. The SMILES string of the molecule is CCOc1cc(/C=C2/SC(=Nc3ccc(C)c(C)c3)N(C)C2=O)ccc1O. The normalized spacial score (nSPS) is 17.2. The molecule has 1 aliphatic heterocycles. The van der Waals surface area contributed by atoms with Crippen LogP contribution in [0.25, 0.3) is 6.08 Å². The van der Waals surface area contributed by atoms with Crippen molar-refractivity contribution < 1.29 is 14.6 Å². The van der Waals surface area contributed by atoms with E-state index in [0.29, 0.717) is 22.4 Å². The first-order chi connectivity index (χ1) is 12.9. The summed E-state index contributed by atoms with van der Waals surface area (Å²) in [6, 6.07) is 11.0. The number of aliphatic imine (C=N–C) groups is 1. The van der Waals surface area contributed by atoms with Crippen LogP contribution in [0.5, 0.6) is 11.5 Å². The number of amidine groups is 1. The molecular weight excluding hydrogens is 360 g/mol. The Bertz CT molecular complexity index is 950. The maximum Gasteiger partial charge on any atom is 0.266 e. The number of ether oxygens (including phenoxy) is 1. The van der Waals surface area contributed by atoms with Crippen LogP contribution in [0.4, 0.5) is 5.69 Å². The summed E-state index contributed by atoms with van der Waals surface area (Å²) in [4.78, 5) is 19.3. The van der Waals surface area contributed by atoms with Crippen molar-refractivity contribution in [1.82, 2.24) is 4.90 Å². The molecule has 27 heavy (non-hydrogen) atoms. The zero-order valence-corrected chi connectivity index (χ0v) is 16.6. The van der Waals surface area contributed by atoms with Gasteiger partial charge in [0.25, 0.3) is 5.91 Å². The van der Waals surface area contributed by atoms with E-state index in [1.165, 1.54) is 17.3 Å². The van der Waals surface area contributed by atoms with E-state index in [2.05, 4.69) is 11.9 Å². The molecule has 0 radical (unpaired) electrons.